The third kappa shape index (κ3) is 3.53. The van der Waals surface area contributed by atoms with Crippen LogP contribution in [0.1, 0.15) is 13.8 Å². The van der Waals surface area contributed by atoms with E-state index in [0.29, 0.717) is 22.9 Å². The maximum atomic E-state index is 11.9. The van der Waals surface area contributed by atoms with Gasteiger partial charge in [0.1, 0.15) is 5.75 Å². The van der Waals surface area contributed by atoms with Crippen LogP contribution >= 0.6 is 0 Å². The predicted octanol–water partition coefficient (Wildman–Crippen LogP) is 1.84. The molecule has 1 aliphatic heterocycles. The number of cyclic esters (lactones) is 2. The van der Waals surface area contributed by atoms with E-state index in [1.54, 1.807) is 12.1 Å². The van der Waals surface area contributed by atoms with Crippen molar-refractivity contribution in [1.29, 1.82) is 0 Å². The summed E-state index contributed by atoms with van der Waals surface area (Å²) in [5.41, 5.74) is 0.208. The molecule has 1 heterocycles. The maximum absolute atomic E-state index is 11.9. The highest BCUT2D eigenvalue weighted by Gasteiger charge is 2.39. The Balaban J connectivity index is 2.31. The fraction of sp³-hybridized carbons (Fsp3) is 0.375. The lowest BCUT2D eigenvalue weighted by Crippen LogP contribution is -2.42. The van der Waals surface area contributed by atoms with E-state index in [1.165, 1.54) is 41.4 Å². The lowest BCUT2D eigenvalue weighted by atomic mass is 10.2. The summed E-state index contributed by atoms with van der Waals surface area (Å²) >= 11 is 0. The molecule has 1 N–H and O–H groups in total. The van der Waals surface area contributed by atoms with Crippen LogP contribution < -0.4 is 19.5 Å². The Bertz CT molecular complexity index is 672. The van der Waals surface area contributed by atoms with E-state index in [4.69, 9.17) is 23.7 Å². The van der Waals surface area contributed by atoms with Crippen LogP contribution in [0.4, 0.5) is 5.69 Å². The van der Waals surface area contributed by atoms with Crippen LogP contribution in [0.3, 0.4) is 0 Å². The highest BCUT2D eigenvalue weighted by molar-refractivity contribution is 6.15. The second-order valence-corrected chi connectivity index (χ2v) is 5.29. The highest BCUT2D eigenvalue weighted by Crippen LogP contribution is 2.38. The van der Waals surface area contributed by atoms with Crippen molar-refractivity contribution in [3.8, 4) is 17.2 Å². The molecule has 130 valence electrons. The number of benzene rings is 1. The summed E-state index contributed by atoms with van der Waals surface area (Å²) in [6.45, 7) is 2.95. The lowest BCUT2D eigenvalue weighted by Gasteiger charge is -2.29. The zero-order valence-corrected chi connectivity index (χ0v) is 14.1. The molecular weight excluding hydrogens is 318 g/mol. The monoisotopic (exact) mass is 337 g/mol. The Labute approximate surface area is 139 Å². The van der Waals surface area contributed by atoms with Crippen molar-refractivity contribution in [3.63, 3.8) is 0 Å². The van der Waals surface area contributed by atoms with Gasteiger partial charge in [0.2, 0.25) is 0 Å². The number of anilines is 1. The van der Waals surface area contributed by atoms with Crippen molar-refractivity contribution in [3.05, 3.63) is 23.9 Å². The normalized spacial score (nSPS) is 16.0. The Hall–Kier alpha value is -2.90. The Morgan fingerprint density at radius 3 is 1.92 bits per heavy atom. The molecule has 1 aliphatic rings. The second-order valence-electron chi connectivity index (χ2n) is 5.29. The molecular formula is C16H19NO7. The highest BCUT2D eigenvalue weighted by atomic mass is 16.7. The van der Waals surface area contributed by atoms with Crippen LogP contribution in [0.2, 0.25) is 0 Å². The van der Waals surface area contributed by atoms with Gasteiger partial charge < -0.3 is 29.0 Å². The van der Waals surface area contributed by atoms with E-state index in [9.17, 15) is 9.59 Å². The minimum absolute atomic E-state index is 0.258. The van der Waals surface area contributed by atoms with Crippen LogP contribution in [0.15, 0.2) is 23.9 Å². The molecule has 0 aliphatic carbocycles. The molecule has 0 saturated carbocycles. The predicted molar refractivity (Wildman–Crippen MR) is 84.1 cm³/mol. The van der Waals surface area contributed by atoms with E-state index in [-0.39, 0.29) is 5.57 Å². The number of methoxy groups -OCH3 is 3. The fourth-order valence-corrected chi connectivity index (χ4v) is 2.07. The number of carbonyl (C=O) groups is 2. The largest absolute Gasteiger partial charge is 0.494 e. The topological polar surface area (TPSA) is 92.3 Å². The molecule has 0 radical (unpaired) electrons. The van der Waals surface area contributed by atoms with Gasteiger partial charge in [-0.25, -0.2) is 9.59 Å². The van der Waals surface area contributed by atoms with Crippen molar-refractivity contribution < 1.29 is 33.3 Å². The zero-order chi connectivity index (χ0) is 17.9. The van der Waals surface area contributed by atoms with Gasteiger partial charge in [0, 0.05) is 32.2 Å². The van der Waals surface area contributed by atoms with Crippen LogP contribution in [-0.2, 0) is 19.1 Å². The first-order chi connectivity index (χ1) is 11.3. The Kier molecular flexibility index (Phi) is 4.87. The van der Waals surface area contributed by atoms with Crippen LogP contribution in [-0.4, -0.2) is 39.1 Å². The van der Waals surface area contributed by atoms with E-state index >= 15 is 0 Å². The van der Waals surface area contributed by atoms with Gasteiger partial charge in [0.15, 0.2) is 17.1 Å². The molecule has 0 amide bonds. The van der Waals surface area contributed by atoms with Gasteiger partial charge in [-0.15, -0.1) is 0 Å². The SMILES string of the molecule is COc1cc(OC)c(OC)cc1NC=C1C(=O)OC(C)(C)OC1=O. The summed E-state index contributed by atoms with van der Waals surface area (Å²) in [5, 5.41) is 2.82. The quantitative estimate of drug-likeness (QED) is 0.494. The molecule has 8 nitrogen and oxygen atoms in total. The molecule has 8 heteroatoms. The first kappa shape index (κ1) is 17.5. The van der Waals surface area contributed by atoms with Crippen LogP contribution in [0.5, 0.6) is 17.2 Å². The Morgan fingerprint density at radius 1 is 0.917 bits per heavy atom. The van der Waals surface area contributed by atoms with Crippen molar-refractivity contribution in [2.75, 3.05) is 26.6 Å². The van der Waals surface area contributed by atoms with Crippen LogP contribution in [0, 0.1) is 0 Å². The van der Waals surface area contributed by atoms with Crippen molar-refractivity contribution >= 4 is 17.6 Å². The van der Waals surface area contributed by atoms with Crippen molar-refractivity contribution in [1.82, 2.24) is 0 Å². The first-order valence-corrected chi connectivity index (χ1v) is 7.04. The molecule has 1 aromatic carbocycles. The van der Waals surface area contributed by atoms with Gasteiger partial charge in [0.05, 0.1) is 27.0 Å². The minimum atomic E-state index is -1.29. The van der Waals surface area contributed by atoms with Crippen molar-refractivity contribution in [2.24, 2.45) is 0 Å². The summed E-state index contributed by atoms with van der Waals surface area (Å²) in [5.74, 6) is -1.47. The number of rotatable bonds is 5. The van der Waals surface area contributed by atoms with E-state index in [1.807, 2.05) is 0 Å². The fourth-order valence-electron chi connectivity index (χ4n) is 2.07. The number of nitrogens with one attached hydrogen (secondary N) is 1. The second kappa shape index (κ2) is 6.69. The third-order valence-electron chi connectivity index (χ3n) is 3.19. The third-order valence-corrected chi connectivity index (χ3v) is 3.19. The summed E-state index contributed by atoms with van der Waals surface area (Å²) in [6, 6.07) is 3.22. The number of hydrogen-bond donors (Lipinski definition) is 1. The molecule has 1 fully saturated rings. The summed E-state index contributed by atoms with van der Waals surface area (Å²) < 4.78 is 25.7. The molecule has 1 saturated heterocycles. The number of hydrogen-bond acceptors (Lipinski definition) is 8. The summed E-state index contributed by atoms with van der Waals surface area (Å²) in [7, 11) is 4.47. The van der Waals surface area contributed by atoms with Crippen molar-refractivity contribution in [2.45, 2.75) is 19.6 Å². The first-order valence-electron chi connectivity index (χ1n) is 7.04. The van der Waals surface area contributed by atoms with Crippen LogP contribution in [0.25, 0.3) is 0 Å². The maximum Gasteiger partial charge on any atom is 0.350 e. The molecule has 0 aromatic heterocycles. The minimum Gasteiger partial charge on any atom is -0.494 e. The number of carbonyl (C=O) groups excluding carboxylic acids is 2. The smallest absolute Gasteiger partial charge is 0.350 e. The van der Waals surface area contributed by atoms with Gasteiger partial charge in [0.25, 0.3) is 5.79 Å². The molecule has 0 unspecified atom stereocenters. The lowest BCUT2D eigenvalue weighted by molar-refractivity contribution is -0.222. The van der Waals surface area contributed by atoms with E-state index in [0.717, 1.165) is 0 Å². The molecule has 2 rings (SSSR count). The summed E-state index contributed by atoms with van der Waals surface area (Å²) in [4.78, 5) is 23.8. The Morgan fingerprint density at radius 2 is 1.42 bits per heavy atom. The number of ether oxygens (including phenoxy) is 5. The molecule has 1 aromatic rings. The van der Waals surface area contributed by atoms with Gasteiger partial charge in [-0.05, 0) is 0 Å². The van der Waals surface area contributed by atoms with Gasteiger partial charge in [-0.1, -0.05) is 0 Å². The van der Waals surface area contributed by atoms with E-state index in [2.05, 4.69) is 5.32 Å². The molecule has 24 heavy (non-hydrogen) atoms. The molecule has 0 bridgehead atoms. The van der Waals surface area contributed by atoms with Gasteiger partial charge in [-0.3, -0.25) is 0 Å². The number of esters is 2. The average molecular weight is 337 g/mol. The van der Waals surface area contributed by atoms with Gasteiger partial charge in [-0.2, -0.15) is 0 Å². The zero-order valence-electron chi connectivity index (χ0n) is 14.1. The molecule has 0 atom stereocenters. The molecule has 0 spiro atoms. The standard InChI is InChI=1S/C16H19NO7/c1-16(2)23-14(18)9(15(19)24-16)8-17-10-6-12(21-4)13(22-5)7-11(10)20-3/h6-8,17H,1-5H3. The average Bonchev–Trinajstić information content (AvgIpc) is 2.52. The summed E-state index contributed by atoms with van der Waals surface area (Å²) in [6.07, 6.45) is 1.20. The van der Waals surface area contributed by atoms with E-state index < -0.39 is 17.7 Å². The van der Waals surface area contributed by atoms with Gasteiger partial charge >= 0.3 is 11.9 Å².